The SMILES string of the molecule is COc1cc(C)c(C2NCCc3c2[nH]c2c(C)cc(C)cc32)cc1OC. The molecule has 4 nitrogen and oxygen atoms in total. The molecule has 4 heteroatoms. The van der Waals surface area contributed by atoms with Crippen LogP contribution in [0.25, 0.3) is 10.9 Å². The molecule has 1 unspecified atom stereocenters. The van der Waals surface area contributed by atoms with Crippen molar-refractivity contribution in [2.75, 3.05) is 20.8 Å². The summed E-state index contributed by atoms with van der Waals surface area (Å²) in [6.45, 7) is 7.45. The van der Waals surface area contributed by atoms with Gasteiger partial charge in [-0.2, -0.15) is 0 Å². The van der Waals surface area contributed by atoms with Crippen molar-refractivity contribution in [1.82, 2.24) is 10.3 Å². The van der Waals surface area contributed by atoms with E-state index in [0.717, 1.165) is 24.5 Å². The van der Waals surface area contributed by atoms with Crippen LogP contribution in [-0.2, 0) is 6.42 Å². The van der Waals surface area contributed by atoms with Gasteiger partial charge in [0.15, 0.2) is 11.5 Å². The molecule has 26 heavy (non-hydrogen) atoms. The Morgan fingerprint density at radius 3 is 2.38 bits per heavy atom. The molecule has 1 aromatic heterocycles. The Hall–Kier alpha value is -2.46. The molecule has 0 spiro atoms. The number of hydrogen-bond acceptors (Lipinski definition) is 3. The van der Waals surface area contributed by atoms with Gasteiger partial charge in [-0.1, -0.05) is 11.6 Å². The summed E-state index contributed by atoms with van der Waals surface area (Å²) in [6.07, 6.45) is 1.04. The Bertz CT molecular complexity index is 988. The first-order valence-electron chi connectivity index (χ1n) is 9.11. The summed E-state index contributed by atoms with van der Waals surface area (Å²) >= 11 is 0. The first-order chi connectivity index (χ1) is 12.5. The maximum absolute atomic E-state index is 5.54. The topological polar surface area (TPSA) is 46.3 Å². The van der Waals surface area contributed by atoms with E-state index in [1.54, 1.807) is 14.2 Å². The molecule has 0 amide bonds. The van der Waals surface area contributed by atoms with Crippen molar-refractivity contribution in [3.63, 3.8) is 0 Å². The quantitative estimate of drug-likeness (QED) is 0.738. The minimum absolute atomic E-state index is 0.130. The second-order valence-electron chi connectivity index (χ2n) is 7.22. The standard InChI is InChI=1S/C22H26N2O2/c1-12-8-14(3)20-17(9-12)15-6-7-23-21(22(15)24-20)16-11-19(26-5)18(25-4)10-13(16)2/h8-11,21,23-24H,6-7H2,1-5H3. The van der Waals surface area contributed by atoms with Crippen LogP contribution in [0.2, 0.25) is 0 Å². The van der Waals surface area contributed by atoms with Crippen LogP contribution in [0.3, 0.4) is 0 Å². The zero-order valence-electron chi connectivity index (χ0n) is 16.1. The zero-order chi connectivity index (χ0) is 18.4. The Kier molecular flexibility index (Phi) is 4.16. The molecule has 1 atom stereocenters. The van der Waals surface area contributed by atoms with E-state index in [4.69, 9.17) is 9.47 Å². The van der Waals surface area contributed by atoms with E-state index in [-0.39, 0.29) is 6.04 Å². The van der Waals surface area contributed by atoms with E-state index in [1.807, 2.05) is 0 Å². The maximum atomic E-state index is 5.54. The highest BCUT2D eigenvalue weighted by molar-refractivity contribution is 5.88. The molecular weight excluding hydrogens is 324 g/mol. The van der Waals surface area contributed by atoms with Crippen LogP contribution in [0, 0.1) is 20.8 Å². The molecule has 0 radical (unpaired) electrons. The molecule has 2 N–H and O–H groups in total. The van der Waals surface area contributed by atoms with Crippen LogP contribution in [-0.4, -0.2) is 25.7 Å². The fourth-order valence-electron chi connectivity index (χ4n) is 4.26. The Labute approximate surface area is 154 Å². The monoisotopic (exact) mass is 350 g/mol. The number of methoxy groups -OCH3 is 2. The summed E-state index contributed by atoms with van der Waals surface area (Å²) < 4.78 is 11.0. The smallest absolute Gasteiger partial charge is 0.161 e. The molecule has 4 rings (SSSR count). The molecule has 0 fully saturated rings. The molecule has 0 saturated heterocycles. The van der Waals surface area contributed by atoms with Crippen LogP contribution >= 0.6 is 0 Å². The highest BCUT2D eigenvalue weighted by Crippen LogP contribution is 2.39. The lowest BCUT2D eigenvalue weighted by Crippen LogP contribution is -2.31. The van der Waals surface area contributed by atoms with Crippen LogP contribution < -0.4 is 14.8 Å². The van der Waals surface area contributed by atoms with E-state index in [9.17, 15) is 0 Å². The summed E-state index contributed by atoms with van der Waals surface area (Å²) in [5, 5.41) is 5.05. The van der Waals surface area contributed by atoms with E-state index < -0.39 is 0 Å². The second-order valence-corrected chi connectivity index (χ2v) is 7.22. The molecule has 2 aromatic carbocycles. The van der Waals surface area contributed by atoms with Crippen LogP contribution in [0.1, 0.15) is 39.6 Å². The van der Waals surface area contributed by atoms with Gasteiger partial charge in [-0.05, 0) is 67.6 Å². The van der Waals surface area contributed by atoms with Gasteiger partial charge >= 0.3 is 0 Å². The van der Waals surface area contributed by atoms with Crippen molar-refractivity contribution >= 4 is 10.9 Å². The van der Waals surface area contributed by atoms with E-state index >= 15 is 0 Å². The van der Waals surface area contributed by atoms with Gasteiger partial charge in [0, 0.05) is 23.1 Å². The first kappa shape index (κ1) is 17.0. The Morgan fingerprint density at radius 2 is 1.65 bits per heavy atom. The van der Waals surface area contributed by atoms with E-state index in [2.05, 4.69) is 55.3 Å². The summed E-state index contributed by atoms with van der Waals surface area (Å²) in [6, 6.07) is 8.84. The van der Waals surface area contributed by atoms with Crippen molar-refractivity contribution in [1.29, 1.82) is 0 Å². The Morgan fingerprint density at radius 1 is 0.923 bits per heavy atom. The fraction of sp³-hybridized carbons (Fsp3) is 0.364. The number of aryl methyl sites for hydroxylation is 3. The van der Waals surface area contributed by atoms with Crippen molar-refractivity contribution in [2.24, 2.45) is 0 Å². The van der Waals surface area contributed by atoms with Gasteiger partial charge in [0.05, 0.1) is 20.3 Å². The average Bonchev–Trinajstić information content (AvgIpc) is 3.00. The summed E-state index contributed by atoms with van der Waals surface area (Å²) in [4.78, 5) is 3.72. The number of rotatable bonds is 3. The number of benzene rings is 2. The first-order valence-corrected chi connectivity index (χ1v) is 9.11. The van der Waals surface area contributed by atoms with E-state index in [0.29, 0.717) is 0 Å². The van der Waals surface area contributed by atoms with Crippen LogP contribution in [0.15, 0.2) is 24.3 Å². The third-order valence-electron chi connectivity index (χ3n) is 5.49. The van der Waals surface area contributed by atoms with Gasteiger partial charge in [0.1, 0.15) is 0 Å². The Balaban J connectivity index is 1.90. The second kappa shape index (κ2) is 6.36. The van der Waals surface area contributed by atoms with Crippen molar-refractivity contribution < 1.29 is 9.47 Å². The van der Waals surface area contributed by atoms with E-state index in [1.165, 1.54) is 44.4 Å². The largest absolute Gasteiger partial charge is 0.493 e. The number of fused-ring (bicyclic) bond motifs is 3. The number of hydrogen-bond donors (Lipinski definition) is 2. The lowest BCUT2D eigenvalue weighted by atomic mass is 9.91. The molecule has 0 aliphatic carbocycles. The minimum Gasteiger partial charge on any atom is -0.493 e. The molecule has 0 saturated carbocycles. The molecule has 1 aliphatic rings. The minimum atomic E-state index is 0.130. The lowest BCUT2D eigenvalue weighted by molar-refractivity contribution is 0.353. The van der Waals surface area contributed by atoms with Gasteiger partial charge in [-0.3, -0.25) is 0 Å². The number of H-pyrrole nitrogens is 1. The molecule has 136 valence electrons. The molecule has 3 aromatic rings. The lowest BCUT2D eigenvalue weighted by Gasteiger charge is -2.27. The predicted octanol–water partition coefficient (Wildman–Crippen LogP) is 4.35. The fourth-order valence-corrected chi connectivity index (χ4v) is 4.26. The van der Waals surface area contributed by atoms with Crippen molar-refractivity contribution in [2.45, 2.75) is 33.2 Å². The van der Waals surface area contributed by atoms with Gasteiger partial charge in [-0.15, -0.1) is 0 Å². The average molecular weight is 350 g/mol. The highest BCUT2D eigenvalue weighted by atomic mass is 16.5. The van der Waals surface area contributed by atoms with Crippen molar-refractivity contribution in [3.8, 4) is 11.5 Å². The number of aromatic amines is 1. The summed E-state index contributed by atoms with van der Waals surface area (Å²) in [7, 11) is 3.36. The number of aromatic nitrogens is 1. The number of ether oxygens (including phenoxy) is 2. The van der Waals surface area contributed by atoms with Crippen molar-refractivity contribution in [3.05, 3.63) is 57.8 Å². The third-order valence-corrected chi connectivity index (χ3v) is 5.49. The molecule has 2 heterocycles. The van der Waals surface area contributed by atoms with Crippen LogP contribution in [0.4, 0.5) is 0 Å². The van der Waals surface area contributed by atoms with Gasteiger partial charge in [0.2, 0.25) is 0 Å². The van der Waals surface area contributed by atoms with Crippen LogP contribution in [0.5, 0.6) is 11.5 Å². The zero-order valence-corrected chi connectivity index (χ0v) is 16.1. The van der Waals surface area contributed by atoms with Gasteiger partial charge in [-0.25, -0.2) is 0 Å². The highest BCUT2D eigenvalue weighted by Gasteiger charge is 2.27. The summed E-state index contributed by atoms with van der Waals surface area (Å²) in [5.41, 5.74) is 9.00. The number of nitrogens with one attached hydrogen (secondary N) is 2. The predicted molar refractivity (Wildman–Crippen MR) is 106 cm³/mol. The van der Waals surface area contributed by atoms with Gasteiger partial charge < -0.3 is 19.8 Å². The molecule has 1 aliphatic heterocycles. The molecule has 0 bridgehead atoms. The van der Waals surface area contributed by atoms with Gasteiger partial charge in [0.25, 0.3) is 0 Å². The maximum Gasteiger partial charge on any atom is 0.161 e. The third kappa shape index (κ3) is 2.56. The normalized spacial score (nSPS) is 16.6. The summed E-state index contributed by atoms with van der Waals surface area (Å²) in [5.74, 6) is 1.54. The molecular formula is C22H26N2O2.